The summed E-state index contributed by atoms with van der Waals surface area (Å²) in [7, 11) is 0. The third-order valence-corrected chi connectivity index (χ3v) is 4.76. The highest BCUT2D eigenvalue weighted by atomic mass is 15.5. The van der Waals surface area contributed by atoms with E-state index in [2.05, 4.69) is 59.2 Å². The highest BCUT2D eigenvalue weighted by molar-refractivity contribution is 6.54. The SMILES string of the molecule is CCN(CC)c1ccc(N=C2C(c3ccccc3)=Nn3cnnc32)c(C)c1. The van der Waals surface area contributed by atoms with Crippen molar-refractivity contribution in [2.24, 2.45) is 10.1 Å². The van der Waals surface area contributed by atoms with Gasteiger partial charge >= 0.3 is 0 Å². The normalized spacial score (nSPS) is 14.3. The number of aryl methyl sites for hydroxylation is 1. The number of hydrogen-bond acceptors (Lipinski definition) is 5. The van der Waals surface area contributed by atoms with Gasteiger partial charge in [0, 0.05) is 24.3 Å². The molecule has 27 heavy (non-hydrogen) atoms. The molecule has 136 valence electrons. The van der Waals surface area contributed by atoms with Crippen LogP contribution in [-0.2, 0) is 0 Å². The minimum absolute atomic E-state index is 0.668. The van der Waals surface area contributed by atoms with Crippen LogP contribution in [0.25, 0.3) is 0 Å². The lowest BCUT2D eigenvalue weighted by atomic mass is 10.1. The van der Waals surface area contributed by atoms with Gasteiger partial charge in [0.2, 0.25) is 5.82 Å². The average Bonchev–Trinajstić information content (AvgIpc) is 3.28. The first-order valence-electron chi connectivity index (χ1n) is 9.20. The van der Waals surface area contributed by atoms with E-state index >= 15 is 0 Å². The fraction of sp³-hybridized carbons (Fsp3) is 0.238. The molecule has 0 atom stereocenters. The summed E-state index contributed by atoms with van der Waals surface area (Å²) in [6.45, 7) is 8.39. The fourth-order valence-corrected chi connectivity index (χ4v) is 3.28. The van der Waals surface area contributed by atoms with Gasteiger partial charge in [0.15, 0.2) is 0 Å². The fourth-order valence-electron chi connectivity index (χ4n) is 3.28. The predicted octanol–water partition coefficient (Wildman–Crippen LogP) is 3.82. The zero-order chi connectivity index (χ0) is 18.8. The van der Waals surface area contributed by atoms with Crippen LogP contribution in [0.3, 0.4) is 0 Å². The van der Waals surface area contributed by atoms with Crippen molar-refractivity contribution in [3.05, 3.63) is 71.8 Å². The number of benzene rings is 2. The molecule has 0 bridgehead atoms. The number of aromatic nitrogens is 3. The molecule has 3 aromatic rings. The zero-order valence-electron chi connectivity index (χ0n) is 15.8. The zero-order valence-corrected chi connectivity index (χ0v) is 15.8. The highest BCUT2D eigenvalue weighted by Crippen LogP contribution is 2.27. The monoisotopic (exact) mass is 358 g/mol. The maximum absolute atomic E-state index is 4.93. The Balaban J connectivity index is 1.77. The molecular weight excluding hydrogens is 336 g/mol. The third-order valence-electron chi connectivity index (χ3n) is 4.76. The van der Waals surface area contributed by atoms with E-state index in [4.69, 9.17) is 4.99 Å². The third kappa shape index (κ3) is 3.14. The number of aliphatic imine (C=N–C) groups is 1. The van der Waals surface area contributed by atoms with Crippen LogP contribution in [0.1, 0.15) is 30.8 Å². The first-order valence-corrected chi connectivity index (χ1v) is 9.20. The Kier molecular flexibility index (Phi) is 4.54. The van der Waals surface area contributed by atoms with E-state index in [1.165, 1.54) is 5.69 Å². The van der Waals surface area contributed by atoms with Crippen LogP contribution >= 0.6 is 0 Å². The molecule has 0 unspecified atom stereocenters. The topological polar surface area (TPSA) is 58.7 Å². The molecule has 4 rings (SSSR count). The molecule has 6 heteroatoms. The van der Waals surface area contributed by atoms with Gasteiger partial charge in [-0.25, -0.2) is 4.99 Å². The van der Waals surface area contributed by atoms with E-state index in [-0.39, 0.29) is 0 Å². The molecule has 6 nitrogen and oxygen atoms in total. The summed E-state index contributed by atoms with van der Waals surface area (Å²) < 4.78 is 1.68. The Labute approximate surface area is 158 Å². The van der Waals surface area contributed by atoms with Crippen molar-refractivity contribution in [2.75, 3.05) is 18.0 Å². The Bertz CT molecular complexity index is 1010. The van der Waals surface area contributed by atoms with Gasteiger partial charge < -0.3 is 4.90 Å². The van der Waals surface area contributed by atoms with Crippen LogP contribution in [0, 0.1) is 6.92 Å². The summed E-state index contributed by atoms with van der Waals surface area (Å²) >= 11 is 0. The van der Waals surface area contributed by atoms with E-state index in [0.717, 1.165) is 41.3 Å². The van der Waals surface area contributed by atoms with Crippen molar-refractivity contribution in [3.63, 3.8) is 0 Å². The number of anilines is 1. The standard InChI is InChI=1S/C21H22N6/c1-4-26(5-2)17-11-12-18(15(3)13-17)23-20-19(16-9-7-6-8-10-16)25-27-14-22-24-21(20)27/h6-14H,4-5H2,1-3H3. The second kappa shape index (κ2) is 7.15. The summed E-state index contributed by atoms with van der Waals surface area (Å²) in [5.41, 5.74) is 5.83. The van der Waals surface area contributed by atoms with E-state index in [1.54, 1.807) is 11.0 Å². The summed E-state index contributed by atoms with van der Waals surface area (Å²) in [5, 5.41) is 12.8. The predicted molar refractivity (Wildman–Crippen MR) is 109 cm³/mol. The van der Waals surface area contributed by atoms with Crippen molar-refractivity contribution in [3.8, 4) is 0 Å². The van der Waals surface area contributed by atoms with Crippen molar-refractivity contribution in [2.45, 2.75) is 20.8 Å². The Morgan fingerprint density at radius 3 is 2.52 bits per heavy atom. The lowest BCUT2D eigenvalue weighted by molar-refractivity contribution is 0.865. The lowest BCUT2D eigenvalue weighted by Crippen LogP contribution is -2.21. The van der Waals surface area contributed by atoms with E-state index in [1.807, 2.05) is 30.3 Å². The molecule has 1 aliphatic rings. The number of rotatable bonds is 5. The molecular formula is C21H22N6. The van der Waals surface area contributed by atoms with Crippen LogP contribution in [-0.4, -0.2) is 39.4 Å². The van der Waals surface area contributed by atoms with Crippen molar-refractivity contribution < 1.29 is 0 Å². The first-order chi connectivity index (χ1) is 13.2. The highest BCUT2D eigenvalue weighted by Gasteiger charge is 2.26. The van der Waals surface area contributed by atoms with Crippen LogP contribution in [0.5, 0.6) is 0 Å². The van der Waals surface area contributed by atoms with Gasteiger partial charge in [-0.05, 0) is 44.5 Å². The Morgan fingerprint density at radius 2 is 1.81 bits per heavy atom. The second-order valence-corrected chi connectivity index (χ2v) is 6.42. The van der Waals surface area contributed by atoms with Gasteiger partial charge in [-0.3, -0.25) is 0 Å². The van der Waals surface area contributed by atoms with Gasteiger partial charge in [0.05, 0.1) is 5.69 Å². The molecule has 2 heterocycles. The molecule has 0 saturated carbocycles. The van der Waals surface area contributed by atoms with Crippen LogP contribution in [0.15, 0.2) is 65.0 Å². The maximum atomic E-state index is 4.93. The molecule has 1 aromatic heterocycles. The molecule has 0 radical (unpaired) electrons. The molecule has 0 saturated heterocycles. The lowest BCUT2D eigenvalue weighted by Gasteiger charge is -2.21. The van der Waals surface area contributed by atoms with Crippen molar-refractivity contribution in [1.29, 1.82) is 0 Å². The van der Waals surface area contributed by atoms with E-state index < -0.39 is 0 Å². The van der Waals surface area contributed by atoms with Crippen molar-refractivity contribution >= 4 is 22.8 Å². The number of hydrogen-bond donors (Lipinski definition) is 0. The second-order valence-electron chi connectivity index (χ2n) is 6.42. The number of nitrogens with zero attached hydrogens (tertiary/aromatic N) is 6. The van der Waals surface area contributed by atoms with Crippen LogP contribution in [0.2, 0.25) is 0 Å². The van der Waals surface area contributed by atoms with E-state index in [0.29, 0.717) is 5.82 Å². The number of fused-ring (bicyclic) bond motifs is 1. The quantitative estimate of drug-likeness (QED) is 0.697. The van der Waals surface area contributed by atoms with Crippen molar-refractivity contribution in [1.82, 2.24) is 14.9 Å². The van der Waals surface area contributed by atoms with Gasteiger partial charge in [0.1, 0.15) is 17.8 Å². The summed E-state index contributed by atoms with van der Waals surface area (Å²) in [6, 6.07) is 16.4. The Morgan fingerprint density at radius 1 is 1.04 bits per heavy atom. The largest absolute Gasteiger partial charge is 0.372 e. The first kappa shape index (κ1) is 17.1. The molecule has 1 aliphatic heterocycles. The molecule has 2 aromatic carbocycles. The van der Waals surface area contributed by atoms with E-state index in [9.17, 15) is 0 Å². The smallest absolute Gasteiger partial charge is 0.205 e. The molecule has 0 spiro atoms. The minimum Gasteiger partial charge on any atom is -0.372 e. The van der Waals surface area contributed by atoms with Gasteiger partial charge in [0.25, 0.3) is 0 Å². The summed E-state index contributed by atoms with van der Waals surface area (Å²) in [4.78, 5) is 7.25. The minimum atomic E-state index is 0.668. The molecule has 0 fully saturated rings. The maximum Gasteiger partial charge on any atom is 0.205 e. The molecule has 0 amide bonds. The van der Waals surface area contributed by atoms with Gasteiger partial charge in [-0.1, -0.05) is 30.3 Å². The van der Waals surface area contributed by atoms with Crippen LogP contribution < -0.4 is 4.90 Å². The van der Waals surface area contributed by atoms with Gasteiger partial charge in [-0.15, -0.1) is 10.2 Å². The Hall–Kier alpha value is -3.28. The van der Waals surface area contributed by atoms with Gasteiger partial charge in [-0.2, -0.15) is 9.78 Å². The summed E-state index contributed by atoms with van der Waals surface area (Å²) in [5.74, 6) is 0.668. The molecule has 0 aliphatic carbocycles. The average molecular weight is 358 g/mol. The molecule has 0 N–H and O–H groups in total. The van der Waals surface area contributed by atoms with Crippen LogP contribution in [0.4, 0.5) is 11.4 Å². The summed E-state index contributed by atoms with van der Waals surface area (Å²) in [6.07, 6.45) is 1.61.